The van der Waals surface area contributed by atoms with Crippen molar-refractivity contribution >= 4 is 17.5 Å². The van der Waals surface area contributed by atoms with Crippen LogP contribution in [0.5, 0.6) is 0 Å². The number of alkyl halides is 3. The lowest BCUT2D eigenvalue weighted by atomic mass is 10.0. The summed E-state index contributed by atoms with van der Waals surface area (Å²) in [5.41, 5.74) is -0.763. The van der Waals surface area contributed by atoms with E-state index in [9.17, 15) is 22.8 Å². The minimum atomic E-state index is -4.49. The van der Waals surface area contributed by atoms with Gasteiger partial charge in [-0.05, 0) is 31.5 Å². The van der Waals surface area contributed by atoms with Gasteiger partial charge in [-0.15, -0.1) is 0 Å². The van der Waals surface area contributed by atoms with Crippen molar-refractivity contribution in [3.05, 3.63) is 74.7 Å². The van der Waals surface area contributed by atoms with Gasteiger partial charge in [0.2, 0.25) is 5.79 Å². The molecule has 1 fully saturated rings. The lowest BCUT2D eigenvalue weighted by Crippen LogP contribution is -2.47. The molecule has 0 radical (unpaired) electrons. The van der Waals surface area contributed by atoms with Crippen molar-refractivity contribution in [2.75, 3.05) is 19.8 Å². The number of carbonyl (C=O) groups is 1. The molecule has 9 nitrogen and oxygen atoms in total. The van der Waals surface area contributed by atoms with Crippen molar-refractivity contribution in [1.82, 2.24) is 25.1 Å². The van der Waals surface area contributed by atoms with Crippen LogP contribution in [0.15, 0.2) is 41.3 Å². The topological polar surface area (TPSA) is 111 Å². The number of rotatable bonds is 5. The molecule has 1 aliphatic rings. The van der Waals surface area contributed by atoms with E-state index in [0.717, 1.165) is 12.1 Å². The highest BCUT2D eigenvalue weighted by Crippen LogP contribution is 2.34. The van der Waals surface area contributed by atoms with Crippen LogP contribution >= 0.6 is 11.6 Å². The molecule has 1 aliphatic heterocycles. The molecule has 1 saturated heterocycles. The van der Waals surface area contributed by atoms with Crippen LogP contribution in [-0.2, 0) is 21.4 Å². The molecule has 180 valence electrons. The SMILES string of the molecule is Cc1n[nH]c(=O)n1-c1cnc(Cl)c(C(=O)NCC2(c3ccc(C(F)(F)F)cc3)OCCCO2)c1. The van der Waals surface area contributed by atoms with E-state index < -0.39 is 29.1 Å². The molecule has 2 N–H and O–H groups in total. The predicted octanol–water partition coefficient (Wildman–Crippen LogP) is 2.96. The zero-order chi connectivity index (χ0) is 24.5. The van der Waals surface area contributed by atoms with E-state index in [2.05, 4.69) is 20.5 Å². The highest BCUT2D eigenvalue weighted by atomic mass is 35.5. The van der Waals surface area contributed by atoms with Crippen molar-refractivity contribution in [3.63, 3.8) is 0 Å². The number of hydrogen-bond donors (Lipinski definition) is 2. The summed E-state index contributed by atoms with van der Waals surface area (Å²) >= 11 is 6.11. The van der Waals surface area contributed by atoms with Gasteiger partial charge in [0, 0.05) is 5.56 Å². The first-order valence-corrected chi connectivity index (χ1v) is 10.5. The Hall–Kier alpha value is -3.22. The van der Waals surface area contributed by atoms with Gasteiger partial charge < -0.3 is 14.8 Å². The van der Waals surface area contributed by atoms with Crippen LogP contribution in [0.2, 0.25) is 5.15 Å². The van der Waals surface area contributed by atoms with E-state index in [0.29, 0.717) is 17.8 Å². The third-order valence-electron chi connectivity index (χ3n) is 5.26. The van der Waals surface area contributed by atoms with Crippen LogP contribution in [-0.4, -0.2) is 45.4 Å². The van der Waals surface area contributed by atoms with Gasteiger partial charge in [-0.25, -0.2) is 19.4 Å². The monoisotopic (exact) mass is 497 g/mol. The number of halogens is 4. The number of aromatic amines is 1. The van der Waals surface area contributed by atoms with Gasteiger partial charge in [-0.3, -0.25) is 4.79 Å². The van der Waals surface area contributed by atoms with Crippen LogP contribution in [0.1, 0.15) is 33.7 Å². The van der Waals surface area contributed by atoms with Crippen LogP contribution in [0.3, 0.4) is 0 Å². The fourth-order valence-electron chi connectivity index (χ4n) is 3.55. The second-order valence-electron chi connectivity index (χ2n) is 7.50. The Kier molecular flexibility index (Phi) is 6.47. The standard InChI is InChI=1S/C21H19ClF3N5O4/c1-12-28-29-19(32)30(12)15-9-16(17(22)26-10-15)18(31)27-11-20(33-7-2-8-34-20)13-3-5-14(6-4-13)21(23,24)25/h3-6,9-10H,2,7-8,11H2,1H3,(H,27,31)(H,29,32). The van der Waals surface area contributed by atoms with Crippen molar-refractivity contribution < 1.29 is 27.4 Å². The second kappa shape index (κ2) is 9.20. The Morgan fingerprint density at radius 3 is 2.53 bits per heavy atom. The molecule has 0 aliphatic carbocycles. The van der Waals surface area contributed by atoms with Gasteiger partial charge >= 0.3 is 11.9 Å². The summed E-state index contributed by atoms with van der Waals surface area (Å²) in [6.07, 6.45) is -2.58. The van der Waals surface area contributed by atoms with Crippen molar-refractivity contribution in [2.24, 2.45) is 0 Å². The first-order chi connectivity index (χ1) is 16.1. The Morgan fingerprint density at radius 1 is 1.26 bits per heavy atom. The summed E-state index contributed by atoms with van der Waals surface area (Å²) < 4.78 is 51.7. The minimum Gasteiger partial charge on any atom is -0.346 e. The summed E-state index contributed by atoms with van der Waals surface area (Å²) in [4.78, 5) is 28.9. The number of nitrogens with zero attached hydrogens (tertiary/aromatic N) is 3. The van der Waals surface area contributed by atoms with Gasteiger partial charge in [0.05, 0.1) is 42.8 Å². The number of carbonyl (C=O) groups excluding carboxylic acids is 1. The molecule has 13 heteroatoms. The van der Waals surface area contributed by atoms with Crippen molar-refractivity contribution in [3.8, 4) is 5.69 Å². The zero-order valence-corrected chi connectivity index (χ0v) is 18.5. The van der Waals surface area contributed by atoms with E-state index in [4.69, 9.17) is 21.1 Å². The Morgan fingerprint density at radius 2 is 1.94 bits per heavy atom. The van der Waals surface area contributed by atoms with E-state index in [-0.39, 0.29) is 36.2 Å². The van der Waals surface area contributed by atoms with E-state index in [1.165, 1.54) is 29.0 Å². The molecule has 2 aromatic heterocycles. The Balaban J connectivity index is 1.59. The van der Waals surface area contributed by atoms with Crippen LogP contribution in [0.4, 0.5) is 13.2 Å². The number of hydrogen-bond acceptors (Lipinski definition) is 6. The van der Waals surface area contributed by atoms with Gasteiger partial charge in [-0.1, -0.05) is 23.7 Å². The first kappa shape index (κ1) is 23.9. The number of aromatic nitrogens is 4. The normalized spacial score (nSPS) is 15.8. The smallest absolute Gasteiger partial charge is 0.346 e. The number of amides is 1. The van der Waals surface area contributed by atoms with E-state index in [1.54, 1.807) is 6.92 Å². The molecule has 1 aromatic carbocycles. The largest absolute Gasteiger partial charge is 0.416 e. The highest BCUT2D eigenvalue weighted by molar-refractivity contribution is 6.32. The Bertz CT molecular complexity index is 1250. The van der Waals surface area contributed by atoms with Gasteiger partial charge in [-0.2, -0.15) is 18.3 Å². The predicted molar refractivity (Wildman–Crippen MR) is 114 cm³/mol. The highest BCUT2D eigenvalue weighted by Gasteiger charge is 2.39. The molecule has 0 atom stereocenters. The van der Waals surface area contributed by atoms with Gasteiger partial charge in [0.1, 0.15) is 11.0 Å². The van der Waals surface area contributed by atoms with E-state index >= 15 is 0 Å². The molecule has 1 amide bonds. The third-order valence-corrected chi connectivity index (χ3v) is 5.56. The molecule has 3 heterocycles. The van der Waals surface area contributed by atoms with Gasteiger partial charge in [0.15, 0.2) is 0 Å². The fraction of sp³-hybridized carbons (Fsp3) is 0.333. The summed E-state index contributed by atoms with van der Waals surface area (Å²) in [7, 11) is 0. The number of pyridine rings is 1. The molecular weight excluding hydrogens is 479 g/mol. The number of ether oxygens (including phenoxy) is 2. The molecule has 34 heavy (non-hydrogen) atoms. The molecule has 0 unspecified atom stereocenters. The molecule has 4 rings (SSSR count). The number of benzene rings is 1. The number of aryl methyl sites for hydroxylation is 1. The summed E-state index contributed by atoms with van der Waals surface area (Å²) in [5, 5.41) is 8.65. The fourth-order valence-corrected chi connectivity index (χ4v) is 3.74. The van der Waals surface area contributed by atoms with Crippen molar-refractivity contribution in [1.29, 1.82) is 0 Å². The molecular formula is C21H19ClF3N5O4. The van der Waals surface area contributed by atoms with Crippen LogP contribution in [0, 0.1) is 6.92 Å². The maximum Gasteiger partial charge on any atom is 0.416 e. The Labute approximate surface area is 195 Å². The molecule has 0 saturated carbocycles. The summed E-state index contributed by atoms with van der Waals surface area (Å²) in [5.74, 6) is -1.77. The maximum absolute atomic E-state index is 13.0. The maximum atomic E-state index is 13.0. The number of H-pyrrole nitrogens is 1. The van der Waals surface area contributed by atoms with Crippen LogP contribution in [0.25, 0.3) is 5.69 Å². The molecule has 3 aromatic rings. The third kappa shape index (κ3) is 4.69. The summed E-state index contributed by atoms with van der Waals surface area (Å²) in [6.45, 7) is 1.97. The average molecular weight is 498 g/mol. The zero-order valence-electron chi connectivity index (χ0n) is 17.8. The number of nitrogens with one attached hydrogen (secondary N) is 2. The summed E-state index contributed by atoms with van der Waals surface area (Å²) in [6, 6.07) is 5.74. The lowest BCUT2D eigenvalue weighted by Gasteiger charge is -2.37. The molecule has 0 bridgehead atoms. The second-order valence-corrected chi connectivity index (χ2v) is 7.86. The van der Waals surface area contributed by atoms with E-state index in [1.807, 2.05) is 0 Å². The van der Waals surface area contributed by atoms with Crippen LogP contribution < -0.4 is 11.0 Å². The minimum absolute atomic E-state index is 0.0231. The van der Waals surface area contributed by atoms with Gasteiger partial charge in [0.25, 0.3) is 5.91 Å². The average Bonchev–Trinajstić information content (AvgIpc) is 3.16. The first-order valence-electron chi connectivity index (χ1n) is 10.1. The quantitative estimate of drug-likeness (QED) is 0.524. The lowest BCUT2D eigenvalue weighted by molar-refractivity contribution is -0.271. The molecule has 0 spiro atoms. The van der Waals surface area contributed by atoms with Crippen molar-refractivity contribution in [2.45, 2.75) is 25.3 Å².